The summed E-state index contributed by atoms with van der Waals surface area (Å²) in [5.74, 6) is -1.76. The van der Waals surface area contributed by atoms with Crippen LogP contribution in [0, 0.1) is 11.7 Å². The van der Waals surface area contributed by atoms with Gasteiger partial charge in [-0.25, -0.2) is 9.18 Å². The fraction of sp³-hybridized carbons (Fsp3) is 0.421. The minimum absolute atomic E-state index is 0.00690. The molecule has 3 unspecified atom stereocenters. The molecule has 0 saturated carbocycles. The summed E-state index contributed by atoms with van der Waals surface area (Å²) in [4.78, 5) is 31.4. The number of nitrogens with zero attached hydrogens (tertiary/aromatic N) is 3. The number of anilines is 1. The van der Waals surface area contributed by atoms with E-state index in [2.05, 4.69) is 5.16 Å². The van der Waals surface area contributed by atoms with Gasteiger partial charge in [0.1, 0.15) is 17.9 Å². The lowest BCUT2D eigenvalue weighted by Gasteiger charge is -2.31. The van der Waals surface area contributed by atoms with Crippen LogP contribution in [0.2, 0.25) is 0 Å². The number of rotatable bonds is 3. The van der Waals surface area contributed by atoms with Crippen LogP contribution in [0.25, 0.3) is 10.9 Å². The van der Waals surface area contributed by atoms with Crippen molar-refractivity contribution in [2.24, 2.45) is 16.8 Å². The van der Waals surface area contributed by atoms with Gasteiger partial charge in [-0.1, -0.05) is 5.16 Å². The molecule has 152 valence electrons. The fourth-order valence-electron chi connectivity index (χ4n) is 4.43. The number of ether oxygens (including phenoxy) is 1. The van der Waals surface area contributed by atoms with Gasteiger partial charge in [0.05, 0.1) is 35.1 Å². The molecule has 0 amide bonds. The maximum absolute atomic E-state index is 15.2. The number of nitrogens with two attached hydrogens (primary N) is 1. The summed E-state index contributed by atoms with van der Waals surface area (Å²) in [7, 11) is 0. The third kappa shape index (κ3) is 2.45. The molecule has 1 fully saturated rings. The Kier molecular flexibility index (Phi) is 3.82. The van der Waals surface area contributed by atoms with Gasteiger partial charge in [-0.2, -0.15) is 0 Å². The number of halogens is 1. The molecule has 29 heavy (non-hydrogen) atoms. The van der Waals surface area contributed by atoms with E-state index in [4.69, 9.17) is 15.3 Å². The van der Waals surface area contributed by atoms with Gasteiger partial charge >= 0.3 is 5.97 Å². The molecule has 4 heterocycles. The zero-order valence-electron chi connectivity index (χ0n) is 15.6. The van der Waals surface area contributed by atoms with E-state index in [1.54, 1.807) is 4.57 Å². The molecule has 2 aromatic rings. The van der Waals surface area contributed by atoms with Crippen molar-refractivity contribution in [1.82, 2.24) is 4.57 Å². The van der Waals surface area contributed by atoms with E-state index in [0.29, 0.717) is 18.6 Å². The zero-order valence-corrected chi connectivity index (χ0v) is 15.6. The maximum Gasteiger partial charge on any atom is 0.341 e. The Bertz CT molecular complexity index is 1140. The monoisotopic (exact) mass is 402 g/mol. The van der Waals surface area contributed by atoms with E-state index in [1.165, 1.54) is 6.20 Å². The molecule has 3 N–H and O–H groups in total. The number of hydrogen-bond donors (Lipinski definition) is 2. The highest BCUT2D eigenvalue weighted by Gasteiger charge is 2.44. The number of carboxylic acid groups (broad SMARTS) is 1. The SMILES string of the molecule is CC1COc2c(N3CC4ON=C(CN)C4C3)c(F)cc3c(=O)c(C(=O)O)cn1c23. The third-order valence-corrected chi connectivity index (χ3v) is 5.90. The van der Waals surface area contributed by atoms with Crippen molar-refractivity contribution in [1.29, 1.82) is 0 Å². The minimum atomic E-state index is -1.34. The Hall–Kier alpha value is -3.14. The molecule has 3 aliphatic rings. The second-order valence-electron chi connectivity index (χ2n) is 7.62. The van der Waals surface area contributed by atoms with Gasteiger partial charge in [-0.05, 0) is 13.0 Å². The van der Waals surface area contributed by atoms with Crippen LogP contribution in [-0.4, -0.2) is 53.7 Å². The Morgan fingerprint density at radius 3 is 2.97 bits per heavy atom. The van der Waals surface area contributed by atoms with Crippen LogP contribution < -0.4 is 20.8 Å². The number of carbonyl (C=O) groups is 1. The molecule has 0 bridgehead atoms. The normalized spacial score (nSPS) is 24.9. The molecule has 1 saturated heterocycles. The first-order chi connectivity index (χ1) is 13.9. The Morgan fingerprint density at radius 2 is 2.24 bits per heavy atom. The van der Waals surface area contributed by atoms with Crippen LogP contribution in [0.3, 0.4) is 0 Å². The third-order valence-electron chi connectivity index (χ3n) is 5.90. The van der Waals surface area contributed by atoms with Crippen molar-refractivity contribution in [3.63, 3.8) is 0 Å². The van der Waals surface area contributed by atoms with E-state index in [9.17, 15) is 14.7 Å². The molecule has 9 nitrogen and oxygen atoms in total. The van der Waals surface area contributed by atoms with Crippen LogP contribution in [0.1, 0.15) is 23.3 Å². The van der Waals surface area contributed by atoms with Gasteiger partial charge in [0, 0.05) is 19.3 Å². The average molecular weight is 402 g/mol. The van der Waals surface area contributed by atoms with Crippen molar-refractivity contribution < 1.29 is 23.9 Å². The molecule has 10 heteroatoms. The Morgan fingerprint density at radius 1 is 1.45 bits per heavy atom. The lowest BCUT2D eigenvalue weighted by molar-refractivity contribution is 0.0694. The molecule has 0 aliphatic carbocycles. The summed E-state index contributed by atoms with van der Waals surface area (Å²) in [6.45, 7) is 3.22. The highest BCUT2D eigenvalue weighted by Crippen LogP contribution is 2.44. The maximum atomic E-state index is 15.2. The highest BCUT2D eigenvalue weighted by atomic mass is 19.1. The summed E-state index contributed by atoms with van der Waals surface area (Å²) >= 11 is 0. The summed E-state index contributed by atoms with van der Waals surface area (Å²) in [6, 6.07) is 0.896. The summed E-state index contributed by atoms with van der Waals surface area (Å²) in [5, 5.41) is 13.4. The molecule has 1 aromatic carbocycles. The van der Waals surface area contributed by atoms with Gasteiger partial charge in [0.25, 0.3) is 0 Å². The van der Waals surface area contributed by atoms with Crippen molar-refractivity contribution in [3.8, 4) is 5.75 Å². The fourth-order valence-corrected chi connectivity index (χ4v) is 4.43. The summed E-state index contributed by atoms with van der Waals surface area (Å²) in [5.41, 5.74) is 5.99. The zero-order chi connectivity index (χ0) is 20.4. The van der Waals surface area contributed by atoms with Gasteiger partial charge in [0.15, 0.2) is 17.7 Å². The number of pyridine rings is 1. The van der Waals surface area contributed by atoms with Crippen LogP contribution in [0.5, 0.6) is 5.75 Å². The first kappa shape index (κ1) is 17.9. The summed E-state index contributed by atoms with van der Waals surface area (Å²) in [6.07, 6.45) is 1.10. The quantitative estimate of drug-likeness (QED) is 0.784. The number of benzene rings is 1. The van der Waals surface area contributed by atoms with Crippen LogP contribution in [0.4, 0.5) is 10.1 Å². The Balaban J connectivity index is 1.71. The molecular formula is C19H19FN4O5. The smallest absolute Gasteiger partial charge is 0.341 e. The molecule has 3 aliphatic heterocycles. The number of oxime groups is 1. The largest absolute Gasteiger partial charge is 0.487 e. The van der Waals surface area contributed by atoms with E-state index < -0.39 is 22.8 Å². The lowest BCUT2D eigenvalue weighted by atomic mass is 10.0. The van der Waals surface area contributed by atoms with Gasteiger partial charge in [0.2, 0.25) is 5.43 Å². The van der Waals surface area contributed by atoms with Crippen molar-refractivity contribution in [2.75, 3.05) is 31.1 Å². The first-order valence-electron chi connectivity index (χ1n) is 9.35. The number of fused-ring (bicyclic) bond motifs is 1. The van der Waals surface area contributed by atoms with E-state index in [-0.39, 0.29) is 48.0 Å². The molecule has 1 aromatic heterocycles. The van der Waals surface area contributed by atoms with E-state index in [1.807, 2.05) is 11.8 Å². The van der Waals surface area contributed by atoms with Crippen molar-refractivity contribution >= 4 is 28.3 Å². The van der Waals surface area contributed by atoms with Crippen molar-refractivity contribution in [3.05, 3.63) is 33.9 Å². The standard InChI is InChI=1S/C19H19FN4O5/c1-8-7-28-18-15-9(17(25)11(19(26)27)5-24(8)15)2-12(20)16(18)23-4-10-13(3-21)22-29-14(10)6-23/h2,5,8,10,14H,3-4,6-7,21H2,1H3,(H,26,27). The number of aromatic nitrogens is 1. The number of aromatic carboxylic acids is 1. The van der Waals surface area contributed by atoms with Crippen molar-refractivity contribution in [2.45, 2.75) is 19.1 Å². The predicted molar refractivity (Wildman–Crippen MR) is 102 cm³/mol. The van der Waals surface area contributed by atoms with Crippen LogP contribution in [0.15, 0.2) is 22.2 Å². The Labute approximate surface area is 164 Å². The molecule has 3 atom stereocenters. The average Bonchev–Trinajstić information content (AvgIpc) is 3.26. The number of carboxylic acids is 1. The lowest BCUT2D eigenvalue weighted by Crippen LogP contribution is -2.30. The minimum Gasteiger partial charge on any atom is -0.487 e. The van der Waals surface area contributed by atoms with E-state index >= 15 is 4.39 Å². The molecule has 5 rings (SSSR count). The molecule has 0 radical (unpaired) electrons. The summed E-state index contributed by atoms with van der Waals surface area (Å²) < 4.78 is 22.8. The second-order valence-corrected chi connectivity index (χ2v) is 7.62. The van der Waals surface area contributed by atoms with Gasteiger partial charge < -0.3 is 29.9 Å². The topological polar surface area (TPSA) is 119 Å². The second kappa shape index (κ2) is 6.18. The van der Waals surface area contributed by atoms with Crippen LogP contribution in [-0.2, 0) is 4.84 Å². The van der Waals surface area contributed by atoms with Gasteiger partial charge in [-0.15, -0.1) is 0 Å². The highest BCUT2D eigenvalue weighted by molar-refractivity contribution is 5.97. The predicted octanol–water partition coefficient (Wildman–Crippen LogP) is 0.942. The number of hydrogen-bond acceptors (Lipinski definition) is 7. The van der Waals surface area contributed by atoms with Gasteiger partial charge in [-0.3, -0.25) is 4.79 Å². The molecular weight excluding hydrogens is 383 g/mol. The first-order valence-corrected chi connectivity index (χ1v) is 9.35. The van der Waals surface area contributed by atoms with Crippen LogP contribution >= 0.6 is 0 Å². The van der Waals surface area contributed by atoms with E-state index in [0.717, 1.165) is 11.8 Å². The molecule has 0 spiro atoms.